The van der Waals surface area contributed by atoms with Gasteiger partial charge in [0.15, 0.2) is 24.0 Å². The summed E-state index contributed by atoms with van der Waals surface area (Å²) in [6.07, 6.45) is 2.53. The molecule has 5 nitrogen and oxygen atoms in total. The van der Waals surface area contributed by atoms with E-state index >= 15 is 0 Å². The summed E-state index contributed by atoms with van der Waals surface area (Å²) in [5.41, 5.74) is 0.457. The van der Waals surface area contributed by atoms with Crippen molar-refractivity contribution < 1.29 is 23.0 Å². The molecule has 1 aromatic carbocycles. The number of pyridine rings is 1. The van der Waals surface area contributed by atoms with Gasteiger partial charge in [0.1, 0.15) is 11.3 Å². The van der Waals surface area contributed by atoms with Crippen molar-refractivity contribution in [2.24, 2.45) is 0 Å². The van der Waals surface area contributed by atoms with E-state index in [1.54, 1.807) is 6.92 Å². The molecule has 0 atom stereocenters. The third-order valence-corrected chi connectivity index (χ3v) is 3.56. The van der Waals surface area contributed by atoms with Crippen molar-refractivity contribution in [2.75, 3.05) is 13.2 Å². The predicted octanol–water partition coefficient (Wildman–Crippen LogP) is 2.62. The van der Waals surface area contributed by atoms with E-state index in [0.717, 1.165) is 18.3 Å². The summed E-state index contributed by atoms with van der Waals surface area (Å²) < 4.78 is 32.0. The van der Waals surface area contributed by atoms with E-state index < -0.39 is 17.5 Å². The van der Waals surface area contributed by atoms with Crippen LogP contribution in [0.25, 0.3) is 0 Å². The van der Waals surface area contributed by atoms with Crippen LogP contribution >= 0.6 is 11.6 Å². The number of hydrogen-bond acceptors (Lipinski definition) is 3. The average molecular weight is 357 g/mol. The number of hydrogen-bond donors (Lipinski definition) is 1. The van der Waals surface area contributed by atoms with Crippen LogP contribution < -0.4 is 14.8 Å². The summed E-state index contributed by atoms with van der Waals surface area (Å²) in [6.45, 7) is 2.22. The maximum atomic E-state index is 13.2. The van der Waals surface area contributed by atoms with Gasteiger partial charge in [-0.2, -0.15) is 4.73 Å². The Morgan fingerprint density at radius 2 is 2.08 bits per heavy atom. The Balaban J connectivity index is 2.04. The van der Waals surface area contributed by atoms with Gasteiger partial charge in [0.25, 0.3) is 5.91 Å². The van der Waals surface area contributed by atoms with Gasteiger partial charge in [-0.25, -0.2) is 8.78 Å². The number of nitrogens with one attached hydrogen (secondary N) is 1. The van der Waals surface area contributed by atoms with Gasteiger partial charge in [-0.3, -0.25) is 4.79 Å². The van der Waals surface area contributed by atoms with Crippen LogP contribution in [-0.4, -0.2) is 19.1 Å². The number of nitrogens with zero attached hydrogens (tertiary/aromatic N) is 1. The largest absolute Gasteiger partial charge is 0.619 e. The highest BCUT2D eigenvalue weighted by Gasteiger charge is 2.16. The summed E-state index contributed by atoms with van der Waals surface area (Å²) in [5.74, 6) is -2.26. The lowest BCUT2D eigenvalue weighted by atomic mass is 10.1. The topological polar surface area (TPSA) is 65.3 Å². The molecule has 8 heteroatoms. The Bertz CT molecular complexity index is 756. The molecule has 0 saturated heterocycles. The molecule has 1 amide bonds. The average Bonchev–Trinajstić information content (AvgIpc) is 2.54. The first-order valence-corrected chi connectivity index (χ1v) is 7.57. The van der Waals surface area contributed by atoms with Crippen molar-refractivity contribution in [3.8, 4) is 5.75 Å². The first-order chi connectivity index (χ1) is 11.4. The van der Waals surface area contributed by atoms with E-state index in [1.165, 1.54) is 12.3 Å². The molecule has 2 rings (SSSR count). The molecule has 0 fully saturated rings. The Labute approximate surface area is 142 Å². The van der Waals surface area contributed by atoms with Gasteiger partial charge < -0.3 is 15.3 Å². The molecule has 0 aliphatic rings. The van der Waals surface area contributed by atoms with Gasteiger partial charge in [0.05, 0.1) is 6.61 Å². The second-order valence-corrected chi connectivity index (χ2v) is 5.29. The van der Waals surface area contributed by atoms with Gasteiger partial charge in [-0.05, 0) is 31.0 Å². The fraction of sp³-hybridized carbons (Fsp3) is 0.250. The van der Waals surface area contributed by atoms with Crippen LogP contribution in [0.3, 0.4) is 0 Å². The summed E-state index contributed by atoms with van der Waals surface area (Å²) in [7, 11) is 0. The first kappa shape index (κ1) is 17.9. The minimum atomic E-state index is -1.03. The molecule has 2 aromatic rings. The zero-order valence-corrected chi connectivity index (χ0v) is 13.6. The predicted molar refractivity (Wildman–Crippen MR) is 84.0 cm³/mol. The van der Waals surface area contributed by atoms with Crippen LogP contribution in [0.4, 0.5) is 8.78 Å². The van der Waals surface area contributed by atoms with Crippen molar-refractivity contribution >= 4 is 17.5 Å². The van der Waals surface area contributed by atoms with Crippen molar-refractivity contribution in [2.45, 2.75) is 13.3 Å². The Morgan fingerprint density at radius 3 is 2.79 bits per heavy atom. The van der Waals surface area contributed by atoms with Crippen LogP contribution in [-0.2, 0) is 6.42 Å². The maximum absolute atomic E-state index is 13.2. The smallest absolute Gasteiger partial charge is 0.261 e. The Kier molecular flexibility index (Phi) is 5.92. The summed E-state index contributed by atoms with van der Waals surface area (Å²) in [4.78, 5) is 12.2. The monoisotopic (exact) mass is 356 g/mol. The van der Waals surface area contributed by atoms with Crippen molar-refractivity contribution in [1.82, 2.24) is 5.32 Å². The molecule has 0 radical (unpaired) electrons. The van der Waals surface area contributed by atoms with Gasteiger partial charge >= 0.3 is 0 Å². The molecule has 0 saturated carbocycles. The molecule has 0 unspecified atom stereocenters. The molecule has 0 spiro atoms. The molecule has 0 bridgehead atoms. The van der Waals surface area contributed by atoms with E-state index in [2.05, 4.69) is 5.32 Å². The normalized spacial score (nSPS) is 10.5. The molecule has 1 N–H and O–H groups in total. The summed E-state index contributed by atoms with van der Waals surface area (Å²) >= 11 is 5.84. The van der Waals surface area contributed by atoms with Gasteiger partial charge in [0, 0.05) is 17.6 Å². The number of rotatable bonds is 6. The van der Waals surface area contributed by atoms with E-state index in [9.17, 15) is 18.8 Å². The molecular formula is C16H15ClF2N2O3. The highest BCUT2D eigenvalue weighted by atomic mass is 35.5. The molecule has 0 aliphatic carbocycles. The second kappa shape index (κ2) is 7.92. The number of carbonyl (C=O) groups excluding carboxylic acids is 1. The molecule has 0 aliphatic heterocycles. The fourth-order valence-electron chi connectivity index (χ4n) is 2.08. The number of aromatic nitrogens is 1. The van der Waals surface area contributed by atoms with Crippen molar-refractivity contribution in [3.05, 3.63) is 63.6 Å². The van der Waals surface area contributed by atoms with Gasteiger partial charge in [-0.1, -0.05) is 11.6 Å². The van der Waals surface area contributed by atoms with Crippen molar-refractivity contribution in [1.29, 1.82) is 0 Å². The van der Waals surface area contributed by atoms with E-state index in [-0.39, 0.29) is 29.3 Å². The zero-order valence-electron chi connectivity index (χ0n) is 12.8. The highest BCUT2D eigenvalue weighted by molar-refractivity contribution is 6.31. The molecular weight excluding hydrogens is 342 g/mol. The second-order valence-electron chi connectivity index (χ2n) is 4.88. The standard InChI is InChI=1S/C16H15ClF2N2O3/c1-2-24-15-4-6-21(23)9-11(15)16(22)20-5-3-10-7-13(18)14(19)8-12(10)17/h4,6-9H,2-3,5H2,1H3,(H,20,22). The lowest BCUT2D eigenvalue weighted by Gasteiger charge is -2.10. The number of halogens is 3. The van der Waals surface area contributed by atoms with Crippen LogP contribution in [0.15, 0.2) is 30.6 Å². The third-order valence-electron chi connectivity index (χ3n) is 3.21. The SMILES string of the molecule is CCOc1cc[n+]([O-])cc1C(=O)NCCc1cc(F)c(F)cc1Cl. The van der Waals surface area contributed by atoms with Crippen LogP contribution in [0, 0.1) is 16.8 Å². The van der Waals surface area contributed by atoms with Crippen LogP contribution in [0.5, 0.6) is 5.75 Å². The molecule has 1 heterocycles. The van der Waals surface area contributed by atoms with Crippen LogP contribution in [0.1, 0.15) is 22.8 Å². The highest BCUT2D eigenvalue weighted by Crippen LogP contribution is 2.20. The quantitative estimate of drug-likeness (QED) is 0.491. The minimum absolute atomic E-state index is 0.0789. The Morgan fingerprint density at radius 1 is 1.38 bits per heavy atom. The summed E-state index contributed by atoms with van der Waals surface area (Å²) in [6, 6.07) is 3.28. The zero-order chi connectivity index (χ0) is 17.7. The lowest BCUT2D eigenvalue weighted by Crippen LogP contribution is -2.31. The number of amides is 1. The summed E-state index contributed by atoms with van der Waals surface area (Å²) in [5, 5.41) is 14.0. The van der Waals surface area contributed by atoms with Gasteiger partial charge in [0.2, 0.25) is 0 Å². The first-order valence-electron chi connectivity index (χ1n) is 7.19. The number of benzene rings is 1. The molecule has 1 aromatic heterocycles. The maximum Gasteiger partial charge on any atom is 0.261 e. The van der Waals surface area contributed by atoms with Crippen LogP contribution in [0.2, 0.25) is 5.02 Å². The molecule has 24 heavy (non-hydrogen) atoms. The van der Waals surface area contributed by atoms with E-state index in [1.807, 2.05) is 0 Å². The molecule has 128 valence electrons. The number of carbonyl (C=O) groups is 1. The minimum Gasteiger partial charge on any atom is -0.619 e. The number of ether oxygens (including phenoxy) is 1. The van der Waals surface area contributed by atoms with Gasteiger partial charge in [-0.15, -0.1) is 0 Å². The fourth-order valence-corrected chi connectivity index (χ4v) is 2.32. The van der Waals surface area contributed by atoms with Crippen molar-refractivity contribution in [3.63, 3.8) is 0 Å². The Hall–Kier alpha value is -2.41. The third kappa shape index (κ3) is 4.32. The van der Waals surface area contributed by atoms with E-state index in [4.69, 9.17) is 16.3 Å². The lowest BCUT2D eigenvalue weighted by molar-refractivity contribution is -0.605. The van der Waals surface area contributed by atoms with E-state index in [0.29, 0.717) is 16.9 Å².